The number of rotatable bonds is 2. The Hall–Kier alpha value is -0.920. The number of hydrogen-bond acceptors (Lipinski definition) is 2. The first-order valence-electron chi connectivity index (χ1n) is 4.75. The Balaban J connectivity index is 0.00000162. The average molecular weight is 396 g/mol. The molecule has 0 aliphatic carbocycles. The number of H-pyrrole nitrogens is 1. The average Bonchev–Trinajstić information content (AvgIpc) is 2.30. The van der Waals surface area contributed by atoms with E-state index in [0.29, 0.717) is 5.69 Å². The van der Waals surface area contributed by atoms with E-state index < -0.39 is 0 Å². The Kier molecular flexibility index (Phi) is 5.77. The van der Waals surface area contributed by atoms with Crippen LogP contribution in [0.25, 0.3) is 0 Å². The van der Waals surface area contributed by atoms with E-state index in [1.807, 2.05) is 0 Å². The highest BCUT2D eigenvalue weighted by Gasteiger charge is 2.11. The Bertz CT molecular complexity index is 551. The third kappa shape index (κ3) is 3.79. The molecule has 2 N–H and O–H groups in total. The quantitative estimate of drug-likeness (QED) is 0.548. The molecule has 94 valence electrons. The second-order valence-electron chi connectivity index (χ2n) is 3.23. The number of amides is 1. The fourth-order valence-electron chi connectivity index (χ4n) is 1.24. The van der Waals surface area contributed by atoms with E-state index in [9.17, 15) is 4.79 Å². The number of pyridine rings is 2. The molecule has 0 radical (unpaired) electrons. The molecule has 0 atom stereocenters. The van der Waals surface area contributed by atoms with Crippen LogP contribution in [0.3, 0.4) is 0 Å². The molecule has 0 aliphatic heterocycles. The predicted octanol–water partition coefficient (Wildman–Crippen LogP) is -0.541. The monoisotopic (exact) mass is 395 g/mol. The summed E-state index contributed by atoms with van der Waals surface area (Å²) in [4.78, 5) is 18.5. The molecular weight excluding hydrogens is 388 g/mol. The third-order valence-corrected chi connectivity index (χ3v) is 2.56. The van der Waals surface area contributed by atoms with Crippen molar-refractivity contribution in [2.45, 2.75) is 0 Å². The molecule has 0 spiro atoms. The molecule has 0 aromatic carbocycles. The van der Waals surface area contributed by atoms with Gasteiger partial charge in [0, 0.05) is 18.3 Å². The number of nitrogens with one attached hydrogen (secondary N) is 2. The van der Waals surface area contributed by atoms with Crippen LogP contribution in [0.4, 0.5) is 5.69 Å². The van der Waals surface area contributed by atoms with E-state index >= 15 is 0 Å². The summed E-state index contributed by atoms with van der Waals surface area (Å²) < 4.78 is 0. The van der Waals surface area contributed by atoms with Gasteiger partial charge in [-0.2, -0.15) is 0 Å². The summed E-state index contributed by atoms with van der Waals surface area (Å²) in [6.45, 7) is 0. The SMILES string of the molecule is O=C(Nc1cc[nH+]cc1)c1cnc(Cl)cc1Cl.[I-]. The number of aromatic amines is 1. The summed E-state index contributed by atoms with van der Waals surface area (Å²) in [6, 6.07) is 4.89. The zero-order chi connectivity index (χ0) is 12.3. The number of nitrogens with zero attached hydrogens (tertiary/aromatic N) is 1. The molecule has 2 rings (SSSR count). The maximum Gasteiger partial charge on any atom is 0.258 e. The zero-order valence-corrected chi connectivity index (χ0v) is 12.6. The number of hydrogen-bond donors (Lipinski definition) is 1. The Morgan fingerprint density at radius 3 is 2.56 bits per heavy atom. The lowest BCUT2D eigenvalue weighted by Crippen LogP contribution is -3.00. The second-order valence-corrected chi connectivity index (χ2v) is 4.02. The van der Waals surface area contributed by atoms with Gasteiger partial charge in [-0.25, -0.2) is 9.97 Å². The van der Waals surface area contributed by atoms with Crippen molar-refractivity contribution in [3.8, 4) is 0 Å². The van der Waals surface area contributed by atoms with Crippen molar-refractivity contribution in [1.82, 2.24) is 4.98 Å². The van der Waals surface area contributed by atoms with Crippen molar-refractivity contribution in [2.24, 2.45) is 0 Å². The molecule has 4 nitrogen and oxygen atoms in total. The maximum atomic E-state index is 11.9. The molecule has 2 aromatic rings. The zero-order valence-electron chi connectivity index (χ0n) is 8.95. The van der Waals surface area contributed by atoms with Gasteiger partial charge in [-0.3, -0.25) is 4.79 Å². The van der Waals surface area contributed by atoms with Crippen LogP contribution in [0.2, 0.25) is 10.2 Å². The van der Waals surface area contributed by atoms with E-state index in [2.05, 4.69) is 15.3 Å². The van der Waals surface area contributed by atoms with Gasteiger partial charge in [-0.05, 0) is 6.07 Å². The highest BCUT2D eigenvalue weighted by atomic mass is 127. The summed E-state index contributed by atoms with van der Waals surface area (Å²) in [7, 11) is 0. The molecule has 18 heavy (non-hydrogen) atoms. The fourth-order valence-corrected chi connectivity index (χ4v) is 1.69. The van der Waals surface area contributed by atoms with Gasteiger partial charge < -0.3 is 29.3 Å². The molecular formula is C11H8Cl2IN3O. The number of halogens is 3. The molecule has 0 unspecified atom stereocenters. The molecule has 0 bridgehead atoms. The lowest BCUT2D eigenvalue weighted by molar-refractivity contribution is -0.377. The topological polar surface area (TPSA) is 56.1 Å². The Morgan fingerprint density at radius 2 is 1.94 bits per heavy atom. The second kappa shape index (κ2) is 6.86. The molecule has 0 fully saturated rings. The normalized spacial score (nSPS) is 9.44. The summed E-state index contributed by atoms with van der Waals surface area (Å²) in [5, 5.41) is 3.21. The smallest absolute Gasteiger partial charge is 0.258 e. The van der Waals surface area contributed by atoms with Crippen molar-refractivity contribution in [1.29, 1.82) is 0 Å². The number of anilines is 1. The lowest BCUT2D eigenvalue weighted by Gasteiger charge is -2.05. The van der Waals surface area contributed by atoms with Crippen LogP contribution < -0.4 is 34.3 Å². The van der Waals surface area contributed by atoms with E-state index in [1.165, 1.54) is 12.3 Å². The molecule has 0 saturated carbocycles. The first-order chi connectivity index (χ1) is 8.16. The van der Waals surface area contributed by atoms with Crippen LogP contribution in [0.1, 0.15) is 10.4 Å². The van der Waals surface area contributed by atoms with E-state index in [4.69, 9.17) is 23.2 Å². The van der Waals surface area contributed by atoms with Gasteiger partial charge in [0.2, 0.25) is 0 Å². The van der Waals surface area contributed by atoms with Gasteiger partial charge in [0.15, 0.2) is 12.4 Å². The summed E-state index contributed by atoms with van der Waals surface area (Å²) in [5.74, 6) is -0.328. The largest absolute Gasteiger partial charge is 1.00 e. The van der Waals surface area contributed by atoms with Crippen LogP contribution >= 0.6 is 23.2 Å². The highest BCUT2D eigenvalue weighted by molar-refractivity contribution is 6.36. The molecule has 0 saturated heterocycles. The van der Waals surface area contributed by atoms with Crippen molar-refractivity contribution in [3.05, 3.63) is 52.5 Å². The Labute approximate surface area is 131 Å². The number of aromatic nitrogens is 2. The molecule has 7 heteroatoms. The first kappa shape index (κ1) is 15.1. The summed E-state index contributed by atoms with van der Waals surface area (Å²) in [6.07, 6.45) is 4.75. The molecule has 2 heterocycles. The fraction of sp³-hybridized carbons (Fsp3) is 0. The maximum absolute atomic E-state index is 11.9. The van der Waals surface area contributed by atoms with Crippen LogP contribution in [0.15, 0.2) is 36.8 Å². The predicted molar refractivity (Wildman–Crippen MR) is 65.2 cm³/mol. The van der Waals surface area contributed by atoms with Gasteiger partial charge in [0.25, 0.3) is 5.91 Å². The van der Waals surface area contributed by atoms with Gasteiger partial charge >= 0.3 is 0 Å². The summed E-state index contributed by atoms with van der Waals surface area (Å²) >= 11 is 11.5. The number of carbonyl (C=O) groups is 1. The van der Waals surface area contributed by atoms with Crippen molar-refractivity contribution >= 4 is 34.8 Å². The van der Waals surface area contributed by atoms with Gasteiger partial charge in [-0.15, -0.1) is 0 Å². The van der Waals surface area contributed by atoms with Crippen LogP contribution in [0, 0.1) is 0 Å². The minimum absolute atomic E-state index is 0. The molecule has 2 aromatic heterocycles. The van der Waals surface area contributed by atoms with Gasteiger partial charge in [-0.1, -0.05) is 23.2 Å². The van der Waals surface area contributed by atoms with Gasteiger partial charge in [0.05, 0.1) is 16.3 Å². The highest BCUT2D eigenvalue weighted by Crippen LogP contribution is 2.19. The van der Waals surface area contributed by atoms with Crippen LogP contribution in [-0.2, 0) is 0 Å². The van der Waals surface area contributed by atoms with Gasteiger partial charge in [0.1, 0.15) is 5.15 Å². The number of carbonyl (C=O) groups excluding carboxylic acids is 1. The van der Waals surface area contributed by atoms with E-state index in [1.54, 1.807) is 24.5 Å². The van der Waals surface area contributed by atoms with Crippen molar-refractivity contribution in [2.75, 3.05) is 5.32 Å². The minimum Gasteiger partial charge on any atom is -1.00 e. The van der Waals surface area contributed by atoms with E-state index in [-0.39, 0.29) is 45.6 Å². The Morgan fingerprint density at radius 1 is 1.28 bits per heavy atom. The first-order valence-corrected chi connectivity index (χ1v) is 5.51. The van der Waals surface area contributed by atoms with Crippen LogP contribution in [-0.4, -0.2) is 10.9 Å². The molecule has 0 aliphatic rings. The summed E-state index contributed by atoms with van der Waals surface area (Å²) in [5.41, 5.74) is 0.948. The van der Waals surface area contributed by atoms with Crippen LogP contribution in [0.5, 0.6) is 0 Å². The third-order valence-electron chi connectivity index (χ3n) is 2.04. The van der Waals surface area contributed by atoms with Crippen molar-refractivity contribution < 1.29 is 33.8 Å². The van der Waals surface area contributed by atoms with E-state index in [0.717, 1.165) is 0 Å². The lowest BCUT2D eigenvalue weighted by atomic mass is 10.2. The standard InChI is InChI=1S/C11H7Cl2N3O.HI/c12-9-5-10(13)15-6-8(9)11(17)16-7-1-3-14-4-2-7;/h1-6H,(H,14,16,17);1H. The molecule has 1 amide bonds. The van der Waals surface area contributed by atoms with Crippen molar-refractivity contribution in [3.63, 3.8) is 0 Å². The minimum atomic E-state index is -0.328.